The molecular formula is C23H18F4N2O3S. The van der Waals surface area contributed by atoms with Gasteiger partial charge in [0, 0.05) is 5.69 Å². The quantitative estimate of drug-likeness (QED) is 0.361. The Morgan fingerprint density at radius 1 is 1.00 bits per heavy atom. The van der Waals surface area contributed by atoms with Gasteiger partial charge in [0.15, 0.2) is 0 Å². The summed E-state index contributed by atoms with van der Waals surface area (Å²) in [7, 11) is -4.19. The molecule has 0 spiro atoms. The molecule has 0 aromatic heterocycles. The zero-order valence-corrected chi connectivity index (χ0v) is 17.8. The van der Waals surface area contributed by atoms with E-state index >= 15 is 0 Å². The number of para-hydroxylation sites is 1. The van der Waals surface area contributed by atoms with Crippen LogP contribution in [0, 0.1) is 5.82 Å². The molecule has 0 aliphatic carbocycles. The molecule has 0 atom stereocenters. The van der Waals surface area contributed by atoms with Crippen LogP contribution in [0.5, 0.6) is 0 Å². The molecule has 0 saturated carbocycles. The molecule has 0 saturated heterocycles. The summed E-state index contributed by atoms with van der Waals surface area (Å²) in [6, 6.07) is 14.5. The summed E-state index contributed by atoms with van der Waals surface area (Å²) in [4.78, 5) is 12.2. The Morgan fingerprint density at radius 2 is 1.64 bits per heavy atom. The minimum Gasteiger partial charge on any atom is -0.322 e. The predicted octanol–water partition coefficient (Wildman–Crippen LogP) is 5.48. The third-order valence-corrected chi connectivity index (χ3v) is 6.37. The van der Waals surface area contributed by atoms with Gasteiger partial charge >= 0.3 is 6.18 Å². The molecule has 0 radical (unpaired) electrons. The number of benzene rings is 3. The maximum Gasteiger partial charge on any atom is 0.416 e. The van der Waals surface area contributed by atoms with Crippen LogP contribution in [-0.4, -0.2) is 20.9 Å². The normalized spacial score (nSPS) is 11.6. The molecule has 0 heterocycles. The topological polar surface area (TPSA) is 66.5 Å². The average Bonchev–Trinajstić information content (AvgIpc) is 2.77. The first-order chi connectivity index (χ1) is 15.5. The number of nitrogens with one attached hydrogen (secondary N) is 1. The summed E-state index contributed by atoms with van der Waals surface area (Å²) in [5, 5.41) is 2.27. The van der Waals surface area contributed by atoms with E-state index in [2.05, 4.69) is 11.9 Å². The highest BCUT2D eigenvalue weighted by Gasteiger charge is 2.30. The second kappa shape index (κ2) is 9.45. The summed E-state index contributed by atoms with van der Waals surface area (Å²) in [5.74, 6) is -2.01. The van der Waals surface area contributed by atoms with Gasteiger partial charge in [0.2, 0.25) is 0 Å². The highest BCUT2D eigenvalue weighted by molar-refractivity contribution is 7.92. The molecule has 0 fully saturated rings. The van der Waals surface area contributed by atoms with E-state index in [1.54, 1.807) is 30.3 Å². The van der Waals surface area contributed by atoms with Crippen LogP contribution in [-0.2, 0) is 16.2 Å². The van der Waals surface area contributed by atoms with Crippen LogP contribution >= 0.6 is 0 Å². The molecule has 33 heavy (non-hydrogen) atoms. The van der Waals surface area contributed by atoms with Crippen LogP contribution in [0.25, 0.3) is 0 Å². The van der Waals surface area contributed by atoms with Gasteiger partial charge in [-0.25, -0.2) is 12.8 Å². The zero-order chi connectivity index (χ0) is 24.2. The van der Waals surface area contributed by atoms with Crippen LogP contribution in [0.2, 0.25) is 0 Å². The number of nitrogens with zero attached hydrogens (tertiary/aromatic N) is 1. The number of rotatable bonds is 7. The number of carbonyl (C=O) groups is 1. The number of halogens is 4. The Labute approximate surface area is 188 Å². The van der Waals surface area contributed by atoms with Gasteiger partial charge in [0.25, 0.3) is 15.9 Å². The van der Waals surface area contributed by atoms with Crippen LogP contribution < -0.4 is 9.62 Å². The smallest absolute Gasteiger partial charge is 0.322 e. The third-order valence-electron chi connectivity index (χ3n) is 4.58. The van der Waals surface area contributed by atoms with Crippen LogP contribution in [0.3, 0.4) is 0 Å². The molecule has 0 aliphatic heterocycles. The summed E-state index contributed by atoms with van der Waals surface area (Å²) in [5.41, 5.74) is -1.17. The van der Waals surface area contributed by atoms with Crippen molar-refractivity contribution < 1.29 is 30.8 Å². The first kappa shape index (κ1) is 24.0. The number of sulfonamides is 1. The first-order valence-corrected chi connectivity index (χ1v) is 10.9. The summed E-state index contributed by atoms with van der Waals surface area (Å²) in [6.45, 7) is 3.49. The molecule has 3 aromatic rings. The number of carbonyl (C=O) groups excluding carboxylic acids is 1. The van der Waals surface area contributed by atoms with Gasteiger partial charge in [-0.3, -0.25) is 9.10 Å². The number of amides is 1. The Kier molecular flexibility index (Phi) is 6.87. The van der Waals surface area contributed by atoms with Gasteiger partial charge in [-0.2, -0.15) is 13.2 Å². The number of hydrogen-bond donors (Lipinski definition) is 1. The van der Waals surface area contributed by atoms with E-state index in [1.165, 1.54) is 6.08 Å². The number of anilines is 2. The van der Waals surface area contributed by atoms with Crippen molar-refractivity contribution in [2.75, 3.05) is 16.2 Å². The molecule has 5 nitrogen and oxygen atoms in total. The highest BCUT2D eigenvalue weighted by atomic mass is 32.2. The largest absolute Gasteiger partial charge is 0.416 e. The van der Waals surface area contributed by atoms with Crippen LogP contribution in [0.1, 0.15) is 15.9 Å². The molecule has 1 N–H and O–H groups in total. The number of alkyl halides is 3. The standard InChI is InChI=1S/C23H18F4N2O3S/c1-2-14-29(18-6-4-3-5-7-18)33(31,32)19-12-13-21(24)20(15-19)22(30)28-17-10-8-16(9-11-17)23(25,26)27/h2-13,15H,1,14H2,(H,28,30). The van der Waals surface area contributed by atoms with Gasteiger partial charge in [-0.1, -0.05) is 24.3 Å². The molecule has 0 aliphatic rings. The van der Waals surface area contributed by atoms with Crippen molar-refractivity contribution >= 4 is 27.3 Å². The monoisotopic (exact) mass is 478 g/mol. The second-order valence-electron chi connectivity index (χ2n) is 6.83. The Hall–Kier alpha value is -3.66. The summed E-state index contributed by atoms with van der Waals surface area (Å²) < 4.78 is 79.9. The van der Waals surface area contributed by atoms with Crippen LogP contribution in [0.15, 0.2) is 90.3 Å². The fourth-order valence-corrected chi connectivity index (χ4v) is 4.42. The molecule has 0 unspecified atom stereocenters. The number of hydrogen-bond acceptors (Lipinski definition) is 3. The predicted molar refractivity (Wildman–Crippen MR) is 117 cm³/mol. The van der Waals surface area contributed by atoms with Gasteiger partial charge in [-0.15, -0.1) is 6.58 Å². The maximum atomic E-state index is 14.4. The molecule has 3 rings (SSSR count). The van der Waals surface area contributed by atoms with Crippen LogP contribution in [0.4, 0.5) is 28.9 Å². The molecular weight excluding hydrogens is 460 g/mol. The minimum absolute atomic E-state index is 0.0155. The average molecular weight is 478 g/mol. The Morgan fingerprint density at radius 3 is 2.21 bits per heavy atom. The molecule has 0 bridgehead atoms. The fourth-order valence-electron chi connectivity index (χ4n) is 2.96. The Bertz CT molecular complexity index is 1260. The molecule has 172 valence electrons. The lowest BCUT2D eigenvalue weighted by Gasteiger charge is -2.23. The van der Waals surface area contributed by atoms with E-state index in [-0.39, 0.29) is 17.1 Å². The van der Waals surface area contributed by atoms with Crippen molar-refractivity contribution in [3.63, 3.8) is 0 Å². The Balaban J connectivity index is 1.92. The highest BCUT2D eigenvalue weighted by Crippen LogP contribution is 2.30. The fraction of sp³-hybridized carbons (Fsp3) is 0.0870. The van der Waals surface area contributed by atoms with Crippen molar-refractivity contribution in [1.29, 1.82) is 0 Å². The lowest BCUT2D eigenvalue weighted by atomic mass is 10.1. The van der Waals surface area contributed by atoms with E-state index in [9.17, 15) is 30.8 Å². The molecule has 3 aromatic carbocycles. The van der Waals surface area contributed by atoms with Gasteiger partial charge in [0.1, 0.15) is 5.82 Å². The van der Waals surface area contributed by atoms with E-state index in [0.29, 0.717) is 5.69 Å². The maximum absolute atomic E-state index is 14.4. The summed E-state index contributed by atoms with van der Waals surface area (Å²) >= 11 is 0. The van der Waals surface area contributed by atoms with Gasteiger partial charge < -0.3 is 5.32 Å². The van der Waals surface area contributed by atoms with Crippen molar-refractivity contribution in [2.24, 2.45) is 0 Å². The van der Waals surface area contributed by atoms with Crippen molar-refractivity contribution in [3.05, 3.63) is 102 Å². The third kappa shape index (κ3) is 5.40. The second-order valence-corrected chi connectivity index (χ2v) is 8.69. The van der Waals surface area contributed by atoms with E-state index in [4.69, 9.17) is 0 Å². The van der Waals surface area contributed by atoms with Crippen molar-refractivity contribution in [2.45, 2.75) is 11.1 Å². The van der Waals surface area contributed by atoms with E-state index in [0.717, 1.165) is 46.8 Å². The molecule has 1 amide bonds. The lowest BCUT2D eigenvalue weighted by molar-refractivity contribution is -0.137. The minimum atomic E-state index is -4.55. The zero-order valence-electron chi connectivity index (χ0n) is 17.0. The SMILES string of the molecule is C=CCN(c1ccccc1)S(=O)(=O)c1ccc(F)c(C(=O)Nc2ccc(C(F)(F)F)cc2)c1. The van der Waals surface area contributed by atoms with Crippen molar-refractivity contribution in [3.8, 4) is 0 Å². The van der Waals surface area contributed by atoms with E-state index in [1.807, 2.05) is 0 Å². The molecule has 10 heteroatoms. The summed E-state index contributed by atoms with van der Waals surface area (Å²) in [6.07, 6.45) is -3.17. The van der Waals surface area contributed by atoms with E-state index < -0.39 is 39.1 Å². The van der Waals surface area contributed by atoms with Crippen molar-refractivity contribution in [1.82, 2.24) is 0 Å². The van der Waals surface area contributed by atoms with Gasteiger partial charge in [-0.05, 0) is 54.6 Å². The van der Waals surface area contributed by atoms with Gasteiger partial charge in [0.05, 0.1) is 28.3 Å². The first-order valence-electron chi connectivity index (χ1n) is 9.51. The lowest BCUT2D eigenvalue weighted by Crippen LogP contribution is -2.31.